The predicted octanol–water partition coefficient (Wildman–Crippen LogP) is 4.27. The second-order valence-electron chi connectivity index (χ2n) is 5.32. The van der Waals surface area contributed by atoms with E-state index in [1.54, 1.807) is 18.6 Å². The van der Waals surface area contributed by atoms with Crippen LogP contribution in [0.1, 0.15) is 0 Å². The van der Waals surface area contributed by atoms with Gasteiger partial charge in [0.15, 0.2) is 0 Å². The summed E-state index contributed by atoms with van der Waals surface area (Å²) in [4.78, 5) is 17.5. The molecule has 0 spiro atoms. The lowest BCUT2D eigenvalue weighted by atomic mass is 10.00. The summed E-state index contributed by atoms with van der Waals surface area (Å²) >= 11 is 0. The molecule has 4 heterocycles. The fourth-order valence-electron chi connectivity index (χ4n) is 2.61. The van der Waals surface area contributed by atoms with E-state index >= 15 is 0 Å². The zero-order chi connectivity index (χ0) is 16.2. The molecule has 4 heteroatoms. The maximum atomic E-state index is 4.88. The minimum atomic E-state index is 0.884. The summed E-state index contributed by atoms with van der Waals surface area (Å²) in [5.74, 6) is 0. The zero-order valence-corrected chi connectivity index (χ0v) is 12.9. The fourth-order valence-corrected chi connectivity index (χ4v) is 2.61. The van der Waals surface area contributed by atoms with Gasteiger partial charge in [-0.2, -0.15) is 0 Å². The Hall–Kier alpha value is -3.40. The first kappa shape index (κ1) is 14.2. The Morgan fingerprint density at radius 2 is 1.12 bits per heavy atom. The summed E-state index contributed by atoms with van der Waals surface area (Å²) in [6.45, 7) is 0. The number of pyridine rings is 4. The van der Waals surface area contributed by atoms with Crippen molar-refractivity contribution < 1.29 is 0 Å². The highest BCUT2D eigenvalue weighted by Gasteiger charge is 2.11. The highest BCUT2D eigenvalue weighted by Crippen LogP contribution is 2.32. The Kier molecular flexibility index (Phi) is 3.78. The van der Waals surface area contributed by atoms with Gasteiger partial charge in [-0.1, -0.05) is 6.07 Å². The fraction of sp³-hybridized carbons (Fsp3) is 0. The minimum Gasteiger partial charge on any atom is -0.264 e. The molecule has 4 aromatic rings. The topological polar surface area (TPSA) is 51.6 Å². The summed E-state index contributed by atoms with van der Waals surface area (Å²) in [6, 6.07) is 15.9. The molecule has 0 amide bonds. The number of aromatic nitrogens is 4. The van der Waals surface area contributed by atoms with Crippen molar-refractivity contribution in [2.45, 2.75) is 0 Å². The molecule has 0 unspecified atom stereocenters. The molecule has 0 saturated carbocycles. The number of hydrogen-bond donors (Lipinski definition) is 0. The number of hydrogen-bond acceptors (Lipinski definition) is 4. The third kappa shape index (κ3) is 2.77. The highest BCUT2D eigenvalue weighted by atomic mass is 14.7. The zero-order valence-electron chi connectivity index (χ0n) is 12.9. The van der Waals surface area contributed by atoms with Gasteiger partial charge in [0.1, 0.15) is 0 Å². The van der Waals surface area contributed by atoms with Crippen molar-refractivity contribution in [3.8, 4) is 33.6 Å². The van der Waals surface area contributed by atoms with E-state index < -0.39 is 0 Å². The van der Waals surface area contributed by atoms with Gasteiger partial charge >= 0.3 is 0 Å². The molecule has 0 N–H and O–H groups in total. The van der Waals surface area contributed by atoms with Crippen LogP contribution in [-0.2, 0) is 0 Å². The van der Waals surface area contributed by atoms with E-state index in [9.17, 15) is 0 Å². The quantitative estimate of drug-likeness (QED) is 0.567. The average Bonchev–Trinajstić information content (AvgIpc) is 2.69. The van der Waals surface area contributed by atoms with Crippen LogP contribution in [0.15, 0.2) is 85.7 Å². The van der Waals surface area contributed by atoms with Crippen LogP contribution in [0.25, 0.3) is 33.6 Å². The minimum absolute atomic E-state index is 0.884. The van der Waals surface area contributed by atoms with Crippen LogP contribution in [0, 0.1) is 0 Å². The molecule has 0 fully saturated rings. The normalized spacial score (nSPS) is 10.5. The lowest BCUT2D eigenvalue weighted by Crippen LogP contribution is -1.93. The van der Waals surface area contributed by atoms with Crippen LogP contribution in [0.5, 0.6) is 0 Å². The molecule has 0 radical (unpaired) electrons. The van der Waals surface area contributed by atoms with Gasteiger partial charge in [-0.15, -0.1) is 0 Å². The SMILES string of the molecule is c1cncc(-c2ccc(-c3cccnc3)c(-c3cccnc3)n2)c1. The predicted molar refractivity (Wildman–Crippen MR) is 93.9 cm³/mol. The molecule has 0 aromatic carbocycles. The number of nitrogens with zero attached hydrogens (tertiary/aromatic N) is 4. The molecule has 0 aliphatic rings. The molecule has 4 nitrogen and oxygen atoms in total. The van der Waals surface area contributed by atoms with E-state index in [2.05, 4.69) is 21.0 Å². The van der Waals surface area contributed by atoms with Crippen molar-refractivity contribution in [2.75, 3.05) is 0 Å². The second-order valence-corrected chi connectivity index (χ2v) is 5.32. The lowest BCUT2D eigenvalue weighted by molar-refractivity contribution is 1.25. The van der Waals surface area contributed by atoms with Gasteiger partial charge < -0.3 is 0 Å². The summed E-state index contributed by atoms with van der Waals surface area (Å²) in [5.41, 5.74) is 5.79. The molecule has 0 aliphatic heterocycles. The second kappa shape index (κ2) is 6.38. The molecule has 0 aliphatic carbocycles. The lowest BCUT2D eigenvalue weighted by Gasteiger charge is -2.11. The molecule has 24 heavy (non-hydrogen) atoms. The van der Waals surface area contributed by atoms with E-state index in [0.29, 0.717) is 0 Å². The highest BCUT2D eigenvalue weighted by molar-refractivity contribution is 5.82. The van der Waals surface area contributed by atoms with Gasteiger partial charge in [-0.05, 0) is 42.5 Å². The first-order chi connectivity index (χ1) is 11.9. The van der Waals surface area contributed by atoms with Crippen LogP contribution in [0.3, 0.4) is 0 Å². The third-order valence-electron chi connectivity index (χ3n) is 3.76. The van der Waals surface area contributed by atoms with E-state index in [4.69, 9.17) is 4.98 Å². The third-order valence-corrected chi connectivity index (χ3v) is 3.76. The van der Waals surface area contributed by atoms with Gasteiger partial charge in [-0.25, -0.2) is 4.98 Å². The van der Waals surface area contributed by atoms with E-state index in [0.717, 1.165) is 33.6 Å². The van der Waals surface area contributed by atoms with Crippen LogP contribution < -0.4 is 0 Å². The van der Waals surface area contributed by atoms with Gasteiger partial charge in [0.2, 0.25) is 0 Å². The largest absolute Gasteiger partial charge is 0.264 e. The molecule has 4 rings (SSSR count). The Labute approximate surface area is 139 Å². The van der Waals surface area contributed by atoms with Crippen LogP contribution >= 0.6 is 0 Å². The van der Waals surface area contributed by atoms with Crippen LogP contribution in [-0.4, -0.2) is 19.9 Å². The van der Waals surface area contributed by atoms with Crippen molar-refractivity contribution in [1.82, 2.24) is 19.9 Å². The van der Waals surface area contributed by atoms with E-state index in [1.165, 1.54) is 0 Å². The molecule has 114 valence electrons. The smallest absolute Gasteiger partial charge is 0.0803 e. The molecular weight excluding hydrogens is 296 g/mol. The summed E-state index contributed by atoms with van der Waals surface area (Å²) in [7, 11) is 0. The maximum absolute atomic E-state index is 4.88. The number of rotatable bonds is 3. The van der Waals surface area contributed by atoms with Gasteiger partial charge in [0, 0.05) is 59.4 Å². The molecule has 4 aromatic heterocycles. The Balaban J connectivity index is 1.92. The summed E-state index contributed by atoms with van der Waals surface area (Å²) in [6.07, 6.45) is 10.8. The Bertz CT molecular complexity index is 939. The van der Waals surface area contributed by atoms with Gasteiger partial charge in [-0.3, -0.25) is 15.0 Å². The first-order valence-electron chi connectivity index (χ1n) is 7.64. The molecule has 0 atom stereocenters. The van der Waals surface area contributed by atoms with Crippen molar-refractivity contribution in [1.29, 1.82) is 0 Å². The monoisotopic (exact) mass is 310 g/mol. The van der Waals surface area contributed by atoms with Crippen molar-refractivity contribution >= 4 is 0 Å². The Morgan fingerprint density at radius 1 is 0.542 bits per heavy atom. The van der Waals surface area contributed by atoms with Gasteiger partial charge in [0.25, 0.3) is 0 Å². The standard InChI is InChI=1S/C20H14N4/c1-4-15(12-21-9-1)18-7-8-19(16-5-2-10-22-13-16)24-20(18)17-6-3-11-23-14-17/h1-14H. The van der Waals surface area contributed by atoms with Crippen molar-refractivity contribution in [3.63, 3.8) is 0 Å². The Morgan fingerprint density at radius 3 is 1.71 bits per heavy atom. The summed E-state index contributed by atoms with van der Waals surface area (Å²) in [5, 5.41) is 0. The maximum Gasteiger partial charge on any atom is 0.0803 e. The molecule has 0 saturated heterocycles. The summed E-state index contributed by atoms with van der Waals surface area (Å²) < 4.78 is 0. The van der Waals surface area contributed by atoms with Crippen molar-refractivity contribution in [2.24, 2.45) is 0 Å². The van der Waals surface area contributed by atoms with Crippen LogP contribution in [0.2, 0.25) is 0 Å². The van der Waals surface area contributed by atoms with E-state index in [1.807, 2.05) is 61.1 Å². The average molecular weight is 310 g/mol. The van der Waals surface area contributed by atoms with Gasteiger partial charge in [0.05, 0.1) is 11.4 Å². The molecule has 0 bridgehead atoms. The molecular formula is C20H14N4. The van der Waals surface area contributed by atoms with Crippen LogP contribution in [0.4, 0.5) is 0 Å². The van der Waals surface area contributed by atoms with E-state index in [-0.39, 0.29) is 0 Å². The first-order valence-corrected chi connectivity index (χ1v) is 7.64. The van der Waals surface area contributed by atoms with Crippen molar-refractivity contribution in [3.05, 3.63) is 85.7 Å².